The Labute approximate surface area is 99.5 Å². The molecule has 0 rings (SSSR count). The van der Waals surface area contributed by atoms with Gasteiger partial charge in [-0.2, -0.15) is 26.3 Å². The van der Waals surface area contributed by atoms with E-state index in [-0.39, 0.29) is 6.42 Å². The molecule has 0 aromatic rings. The van der Waals surface area contributed by atoms with E-state index in [0.29, 0.717) is 0 Å². The Kier molecular flexibility index (Phi) is 4.90. The van der Waals surface area contributed by atoms with Crippen LogP contribution in [0.2, 0.25) is 0 Å². The van der Waals surface area contributed by atoms with Gasteiger partial charge in [-0.25, -0.2) is 4.79 Å². The predicted octanol–water partition coefficient (Wildman–Crippen LogP) is 3.39. The zero-order valence-electron chi connectivity index (χ0n) is 9.87. The number of hydrogen-bond donors (Lipinski definition) is 1. The summed E-state index contributed by atoms with van der Waals surface area (Å²) in [6.45, 7) is 4.30. The lowest BCUT2D eigenvalue weighted by atomic mass is 10.1. The molecule has 1 N–H and O–H groups in total. The number of alkyl halides is 6. The fourth-order valence-electron chi connectivity index (χ4n) is 0.820. The standard InChI is InChI=1S/C9H13F6NO2/c1-4-7(2,3)18-6(17)16-5(8(10,11)12)9(13,14)15/h5H,4H2,1-3H3,(H,16,17). The second-order valence-electron chi connectivity index (χ2n) is 4.16. The highest BCUT2D eigenvalue weighted by Gasteiger charge is 2.58. The molecule has 0 aliphatic rings. The Balaban J connectivity index is 4.78. The number of ether oxygens (including phenoxy) is 1. The zero-order valence-corrected chi connectivity index (χ0v) is 9.87. The number of alkyl carbamates (subject to hydrolysis) is 1. The molecule has 0 aromatic carbocycles. The molecule has 3 nitrogen and oxygen atoms in total. The normalized spacial score (nSPS) is 13.7. The lowest BCUT2D eigenvalue weighted by Crippen LogP contribution is -2.55. The molecule has 0 atom stereocenters. The summed E-state index contributed by atoms with van der Waals surface area (Å²) < 4.78 is 77.1. The Morgan fingerprint density at radius 1 is 1.11 bits per heavy atom. The third-order valence-electron chi connectivity index (χ3n) is 2.14. The van der Waals surface area contributed by atoms with Crippen molar-refractivity contribution in [2.75, 3.05) is 0 Å². The molecule has 18 heavy (non-hydrogen) atoms. The van der Waals surface area contributed by atoms with E-state index in [9.17, 15) is 31.1 Å². The largest absolute Gasteiger partial charge is 0.444 e. The highest BCUT2D eigenvalue weighted by Crippen LogP contribution is 2.33. The van der Waals surface area contributed by atoms with Crippen LogP contribution in [0.4, 0.5) is 31.1 Å². The van der Waals surface area contributed by atoms with Crippen LogP contribution in [0.5, 0.6) is 0 Å². The van der Waals surface area contributed by atoms with Crippen molar-refractivity contribution in [3.8, 4) is 0 Å². The van der Waals surface area contributed by atoms with Gasteiger partial charge < -0.3 is 10.1 Å². The van der Waals surface area contributed by atoms with Gasteiger partial charge in [-0.3, -0.25) is 0 Å². The second kappa shape index (κ2) is 5.23. The first-order chi connectivity index (χ1) is 7.79. The van der Waals surface area contributed by atoms with Crippen molar-refractivity contribution in [1.82, 2.24) is 5.32 Å². The summed E-state index contributed by atoms with van der Waals surface area (Å²) >= 11 is 0. The molecule has 0 aliphatic carbocycles. The Morgan fingerprint density at radius 3 is 1.78 bits per heavy atom. The molecular weight excluding hydrogens is 268 g/mol. The van der Waals surface area contributed by atoms with Crippen molar-refractivity contribution in [1.29, 1.82) is 0 Å². The van der Waals surface area contributed by atoms with Crippen molar-refractivity contribution in [2.45, 2.75) is 51.2 Å². The molecule has 0 fully saturated rings. The van der Waals surface area contributed by atoms with Gasteiger partial charge in [0.25, 0.3) is 0 Å². The van der Waals surface area contributed by atoms with Gasteiger partial charge in [-0.15, -0.1) is 0 Å². The van der Waals surface area contributed by atoms with Crippen LogP contribution >= 0.6 is 0 Å². The summed E-state index contributed by atoms with van der Waals surface area (Å²) in [5, 5.41) is 0.776. The average molecular weight is 281 g/mol. The molecule has 9 heteroatoms. The van der Waals surface area contributed by atoms with E-state index in [4.69, 9.17) is 0 Å². The summed E-state index contributed by atoms with van der Waals surface area (Å²) in [5.74, 6) is 0. The molecule has 0 radical (unpaired) electrons. The van der Waals surface area contributed by atoms with Crippen molar-refractivity contribution in [3.05, 3.63) is 0 Å². The third kappa shape index (κ3) is 5.46. The van der Waals surface area contributed by atoms with E-state index < -0.39 is 30.1 Å². The van der Waals surface area contributed by atoms with E-state index in [1.807, 2.05) is 0 Å². The first-order valence-corrected chi connectivity index (χ1v) is 4.92. The van der Waals surface area contributed by atoms with E-state index in [0.717, 1.165) is 5.32 Å². The van der Waals surface area contributed by atoms with Crippen molar-refractivity contribution in [3.63, 3.8) is 0 Å². The first-order valence-electron chi connectivity index (χ1n) is 4.92. The molecular formula is C9H13F6NO2. The van der Waals surface area contributed by atoms with Gasteiger partial charge in [-0.1, -0.05) is 6.92 Å². The summed E-state index contributed by atoms with van der Waals surface area (Å²) in [5.41, 5.74) is -1.15. The van der Waals surface area contributed by atoms with E-state index in [2.05, 4.69) is 4.74 Å². The number of hydrogen-bond acceptors (Lipinski definition) is 2. The summed E-state index contributed by atoms with van der Waals surface area (Å²) in [7, 11) is 0. The SMILES string of the molecule is CCC(C)(C)OC(=O)NC(C(F)(F)F)C(F)(F)F. The molecule has 0 aromatic heterocycles. The van der Waals surface area contributed by atoms with Gasteiger partial charge >= 0.3 is 18.4 Å². The maximum Gasteiger partial charge on any atom is 0.417 e. The highest BCUT2D eigenvalue weighted by molar-refractivity contribution is 5.68. The molecule has 0 unspecified atom stereocenters. The Bertz CT molecular complexity index is 282. The van der Waals surface area contributed by atoms with Crippen molar-refractivity contribution < 1.29 is 35.9 Å². The minimum Gasteiger partial charge on any atom is -0.444 e. The Morgan fingerprint density at radius 2 is 1.50 bits per heavy atom. The zero-order chi connectivity index (χ0) is 14.8. The number of carbonyl (C=O) groups is 1. The molecule has 108 valence electrons. The molecule has 1 amide bonds. The van der Waals surface area contributed by atoms with Crippen molar-refractivity contribution in [2.24, 2.45) is 0 Å². The molecule has 0 aliphatic heterocycles. The predicted molar refractivity (Wildman–Crippen MR) is 49.9 cm³/mol. The highest BCUT2D eigenvalue weighted by atomic mass is 19.4. The fraction of sp³-hybridized carbons (Fsp3) is 0.889. The van der Waals surface area contributed by atoms with Crippen LogP contribution in [-0.4, -0.2) is 30.1 Å². The van der Waals surface area contributed by atoms with Crippen LogP contribution in [0.1, 0.15) is 27.2 Å². The van der Waals surface area contributed by atoms with E-state index in [1.54, 1.807) is 6.92 Å². The van der Waals surface area contributed by atoms with Gasteiger partial charge in [-0.05, 0) is 20.3 Å². The maximum absolute atomic E-state index is 12.1. The second-order valence-corrected chi connectivity index (χ2v) is 4.16. The Hall–Kier alpha value is -1.15. The summed E-state index contributed by atoms with van der Waals surface area (Å²) in [6, 6.07) is -3.94. The minimum absolute atomic E-state index is 0.239. The van der Waals surface area contributed by atoms with Crippen LogP contribution < -0.4 is 5.32 Å². The van der Waals surface area contributed by atoms with E-state index in [1.165, 1.54) is 13.8 Å². The van der Waals surface area contributed by atoms with Crippen LogP contribution in [0.25, 0.3) is 0 Å². The van der Waals surface area contributed by atoms with Gasteiger partial charge in [0.15, 0.2) is 0 Å². The van der Waals surface area contributed by atoms with Gasteiger partial charge in [0.05, 0.1) is 0 Å². The van der Waals surface area contributed by atoms with Crippen LogP contribution in [0, 0.1) is 0 Å². The minimum atomic E-state index is -5.63. The lowest BCUT2D eigenvalue weighted by molar-refractivity contribution is -0.256. The fourth-order valence-corrected chi connectivity index (χ4v) is 0.820. The number of halogens is 6. The third-order valence-corrected chi connectivity index (χ3v) is 2.14. The first kappa shape index (κ1) is 16.9. The van der Waals surface area contributed by atoms with Crippen molar-refractivity contribution >= 4 is 6.09 Å². The smallest absolute Gasteiger partial charge is 0.417 e. The molecule has 0 bridgehead atoms. The number of amides is 1. The number of rotatable bonds is 3. The van der Waals surface area contributed by atoms with Gasteiger partial charge in [0.2, 0.25) is 6.04 Å². The quantitative estimate of drug-likeness (QED) is 0.805. The lowest BCUT2D eigenvalue weighted by Gasteiger charge is -2.27. The van der Waals surface area contributed by atoms with E-state index >= 15 is 0 Å². The van der Waals surface area contributed by atoms with Gasteiger partial charge in [0, 0.05) is 0 Å². The van der Waals surface area contributed by atoms with Gasteiger partial charge in [0.1, 0.15) is 5.60 Å². The number of carbonyl (C=O) groups excluding carboxylic acids is 1. The monoisotopic (exact) mass is 281 g/mol. The van der Waals surface area contributed by atoms with Crippen LogP contribution in [0.15, 0.2) is 0 Å². The van der Waals surface area contributed by atoms with Crippen LogP contribution in [-0.2, 0) is 4.74 Å². The molecule has 0 spiro atoms. The molecule has 0 saturated carbocycles. The van der Waals surface area contributed by atoms with Crippen LogP contribution in [0.3, 0.4) is 0 Å². The molecule has 0 heterocycles. The number of nitrogens with one attached hydrogen (secondary N) is 1. The molecule has 0 saturated heterocycles. The summed E-state index contributed by atoms with van der Waals surface area (Å²) in [4.78, 5) is 11.0. The topological polar surface area (TPSA) is 38.3 Å². The maximum atomic E-state index is 12.1. The average Bonchev–Trinajstić information content (AvgIpc) is 2.10. The summed E-state index contributed by atoms with van der Waals surface area (Å²) in [6.07, 6.45) is -12.8.